The number of carbonyl (C=O) groups excluding carboxylic acids is 10. The predicted molar refractivity (Wildman–Crippen MR) is 500 cm³/mol. The number of thiazole rings is 2. The molecule has 4 unspecified atom stereocenters. The van der Waals surface area contributed by atoms with E-state index in [0.717, 1.165) is 92.0 Å². The van der Waals surface area contributed by atoms with Gasteiger partial charge in [0, 0.05) is 101 Å². The molecule has 0 spiro atoms. The van der Waals surface area contributed by atoms with Gasteiger partial charge < -0.3 is 50.0 Å². The Morgan fingerprint density at radius 1 is 0.549 bits per heavy atom. The summed E-state index contributed by atoms with van der Waals surface area (Å²) in [5.41, 5.74) is 2.63. The predicted octanol–water partition coefficient (Wildman–Crippen LogP) is 17.1. The standard InChI is InChI=1S/C46H73N5O7S3.C46H71N5O7S3/c2*1-10-21-57-30-51(45(55)37(32(5)11-2)27-41(52)39-19-15-16-20-50(39)8)40(31(3)4)25-34(7)44-49-38(29-60-44)43(54)48-36(26-35-17-13-12-14-18-35)24-33(6)42(53)28-47-46(56)58-22-23-61-59-9/h12-14,17-18,29,31-34,36-37,39-40H,10-11,15-16,19-28,30H2,1-9H3,(H,47,56)(H,48,54);10,12-14,17-18,29,31-34,36-37,39-40H,1,11,15-16,19-28,30H2,2-9H3,(H,47,56)(H,48,54)/t2*32?,33-,34+,36+,37-,39+,40?/m00/s1. The summed E-state index contributed by atoms with van der Waals surface area (Å²) >= 11 is 2.83. The van der Waals surface area contributed by atoms with E-state index in [-0.39, 0.29) is 178 Å². The summed E-state index contributed by atoms with van der Waals surface area (Å²) in [5, 5.41) is 16.5. The number of benzene rings is 2. The highest BCUT2D eigenvalue weighted by atomic mass is 33.1. The Bertz CT molecular complexity index is 3800. The van der Waals surface area contributed by atoms with Gasteiger partial charge >= 0.3 is 12.2 Å². The Morgan fingerprint density at radius 2 is 0.943 bits per heavy atom. The van der Waals surface area contributed by atoms with E-state index < -0.39 is 35.9 Å². The first kappa shape index (κ1) is 106. The highest BCUT2D eigenvalue weighted by molar-refractivity contribution is 8.76. The molecule has 14 atom stereocenters. The number of rotatable bonds is 56. The zero-order chi connectivity index (χ0) is 89.8. The molecule has 6 amide bonds. The molecule has 122 heavy (non-hydrogen) atoms. The van der Waals surface area contributed by atoms with Gasteiger partial charge in [0.15, 0.2) is 23.1 Å². The van der Waals surface area contributed by atoms with Crippen LogP contribution in [0.1, 0.15) is 240 Å². The number of nitrogens with one attached hydrogen (secondary N) is 4. The normalized spacial score (nSPS) is 17.4. The van der Waals surface area contributed by atoms with Crippen LogP contribution in [0.25, 0.3) is 0 Å². The van der Waals surface area contributed by atoms with Gasteiger partial charge in [-0.25, -0.2) is 19.6 Å². The number of piperidine rings is 2. The number of ether oxygens (including phenoxy) is 4. The molecule has 2 aliphatic heterocycles. The number of carbonyl (C=O) groups is 10. The van der Waals surface area contributed by atoms with Gasteiger partial charge in [-0.1, -0.05) is 226 Å². The molecule has 2 aliphatic rings. The second-order valence-electron chi connectivity index (χ2n) is 33.7. The first-order valence-corrected chi connectivity index (χ1v) is 51.2. The lowest BCUT2D eigenvalue weighted by Gasteiger charge is -2.39. The maximum absolute atomic E-state index is 14.7. The number of likely N-dealkylation sites (tertiary alicyclic amines) is 2. The van der Waals surface area contributed by atoms with Gasteiger partial charge in [-0.05, 0) is 145 Å². The van der Waals surface area contributed by atoms with Crippen LogP contribution in [-0.4, -0.2) is 229 Å². The van der Waals surface area contributed by atoms with Gasteiger partial charge in [-0.15, -0.1) is 29.3 Å². The quantitative estimate of drug-likeness (QED) is 0.0138. The summed E-state index contributed by atoms with van der Waals surface area (Å²) in [7, 11) is 10.4. The van der Waals surface area contributed by atoms with Gasteiger partial charge in [0.05, 0.1) is 41.8 Å². The zero-order valence-corrected chi connectivity index (χ0v) is 80.7. The Labute approximate surface area is 752 Å². The van der Waals surface area contributed by atoms with Crippen LogP contribution in [0, 0.1) is 47.3 Å². The average Bonchev–Trinajstić information content (AvgIpc) is 1.16. The van der Waals surface area contributed by atoms with Gasteiger partial charge in [0.25, 0.3) is 11.8 Å². The van der Waals surface area contributed by atoms with Crippen molar-refractivity contribution in [2.24, 2.45) is 47.3 Å². The molecule has 24 nitrogen and oxygen atoms in total. The number of nitrogens with zero attached hydrogens (tertiary/aromatic N) is 6. The summed E-state index contributed by atoms with van der Waals surface area (Å²) < 4.78 is 22.4. The fraction of sp³-hybridized carbons (Fsp3) is 0.674. The lowest BCUT2D eigenvalue weighted by atomic mass is 9.82. The molecule has 2 aromatic carbocycles. The van der Waals surface area contributed by atoms with Crippen LogP contribution in [0.4, 0.5) is 9.59 Å². The summed E-state index contributed by atoms with van der Waals surface area (Å²) in [6.45, 7) is 33.3. The van der Waals surface area contributed by atoms with Gasteiger partial charge in [0.1, 0.15) is 38.1 Å². The van der Waals surface area contributed by atoms with Crippen molar-refractivity contribution >= 4 is 125 Å². The van der Waals surface area contributed by atoms with E-state index in [0.29, 0.717) is 68.0 Å². The molecule has 30 heteroatoms. The number of hydrogen-bond acceptors (Lipinski definition) is 24. The van der Waals surface area contributed by atoms with E-state index >= 15 is 0 Å². The minimum atomic E-state index is -0.630. The molecule has 2 fully saturated rings. The number of ketones is 4. The van der Waals surface area contributed by atoms with Crippen molar-refractivity contribution in [1.29, 1.82) is 0 Å². The number of aromatic nitrogens is 2. The minimum Gasteiger partial charge on any atom is -0.449 e. The highest BCUT2D eigenvalue weighted by Crippen LogP contribution is 2.36. The van der Waals surface area contributed by atoms with Crippen LogP contribution < -0.4 is 21.3 Å². The van der Waals surface area contributed by atoms with Crippen molar-refractivity contribution in [3.63, 3.8) is 0 Å². The van der Waals surface area contributed by atoms with Crippen molar-refractivity contribution in [2.75, 3.05) is 104 Å². The van der Waals surface area contributed by atoms with Crippen LogP contribution in [0.2, 0.25) is 0 Å². The number of likely N-dealkylation sites (N-methyl/N-ethyl adjacent to an activating group) is 2. The van der Waals surface area contributed by atoms with Crippen molar-refractivity contribution in [3.05, 3.63) is 117 Å². The third-order valence-corrected chi connectivity index (χ3v) is 29.2. The first-order valence-electron chi connectivity index (χ1n) is 44.0. The Hall–Kier alpha value is -6.22. The lowest BCUT2D eigenvalue weighted by Crippen LogP contribution is -2.50. The first-order chi connectivity index (χ1) is 58.4. The summed E-state index contributed by atoms with van der Waals surface area (Å²) in [6.07, 6.45) is 15.9. The molecule has 2 saturated heterocycles. The van der Waals surface area contributed by atoms with E-state index in [4.69, 9.17) is 28.9 Å². The Balaban J connectivity index is 0.000000434. The number of Topliss-reactive ketones (excluding diaryl/α,β-unsaturated/α-hetero) is 4. The second kappa shape index (κ2) is 58.2. The number of amides is 6. The van der Waals surface area contributed by atoms with Gasteiger partial charge in [-0.3, -0.25) is 48.2 Å². The van der Waals surface area contributed by atoms with E-state index in [1.807, 2.05) is 111 Å². The average molecular weight is 1810 g/mol. The van der Waals surface area contributed by atoms with E-state index in [2.05, 4.69) is 107 Å². The summed E-state index contributed by atoms with van der Waals surface area (Å²) in [5.74, 6) is -1.29. The summed E-state index contributed by atoms with van der Waals surface area (Å²) in [4.78, 5) is 153. The van der Waals surface area contributed by atoms with Gasteiger partial charge in [0.2, 0.25) is 11.8 Å². The maximum Gasteiger partial charge on any atom is 0.407 e. The van der Waals surface area contributed by atoms with Crippen LogP contribution in [-0.2, 0) is 60.6 Å². The van der Waals surface area contributed by atoms with Crippen LogP contribution >= 0.6 is 65.8 Å². The fourth-order valence-electron chi connectivity index (χ4n) is 15.7. The molecule has 4 aromatic rings. The molecule has 0 bridgehead atoms. The molecule has 0 aliphatic carbocycles. The summed E-state index contributed by atoms with van der Waals surface area (Å²) in [6, 6.07) is 18.1. The monoisotopic (exact) mass is 1800 g/mol. The lowest BCUT2D eigenvalue weighted by molar-refractivity contribution is -0.151. The van der Waals surface area contributed by atoms with Crippen LogP contribution in [0.15, 0.2) is 84.1 Å². The van der Waals surface area contributed by atoms with E-state index in [1.165, 1.54) is 22.7 Å². The third-order valence-electron chi connectivity index (χ3n) is 23.5. The number of alkyl carbamates (subject to hydrolysis) is 2. The molecular formula is C92H144N10O14S6. The topological polar surface area (TPSA) is 294 Å². The zero-order valence-electron chi connectivity index (χ0n) is 75.8. The fourth-order valence-corrected chi connectivity index (χ4v) is 19.5. The van der Waals surface area contributed by atoms with E-state index in [1.54, 1.807) is 66.9 Å². The molecule has 2 aromatic heterocycles. The largest absolute Gasteiger partial charge is 0.449 e. The van der Waals surface area contributed by atoms with Crippen molar-refractivity contribution in [3.8, 4) is 0 Å². The van der Waals surface area contributed by atoms with Crippen molar-refractivity contribution < 1.29 is 66.9 Å². The SMILES string of the molecule is C=CCOCN(C(=O)[C@@H](CC(=O)[C@H]1CCCCN1C)C(C)CC)C(C[C@@H](C)c1nc(C(=O)N[C@@H](Cc2ccccc2)C[C@H](C)C(=O)CNC(=O)OCCSSC)cs1)C(C)C.CCCOCN(C(=O)[C@@H](CC(=O)[C@H]1CCCCN1C)C(C)CC)C(C[C@@H](C)c1nc(C(=O)N[C@@H](Cc2ccccc2)C[C@H](C)C(=O)CNC(=O)OCCSSC)cs1)C(C)C. The molecule has 4 N–H and O–H groups in total. The molecule has 682 valence electrons. The molecule has 4 heterocycles. The molecular weight excluding hydrogens is 1660 g/mol. The Kier molecular flexibility index (Phi) is 50.7. The van der Waals surface area contributed by atoms with Crippen LogP contribution in [0.5, 0.6) is 0 Å². The van der Waals surface area contributed by atoms with Crippen molar-refractivity contribution in [1.82, 2.24) is 50.8 Å². The van der Waals surface area contributed by atoms with E-state index in [9.17, 15) is 47.9 Å². The second-order valence-corrected chi connectivity index (χ2v) is 40.8. The molecule has 0 saturated carbocycles. The smallest absolute Gasteiger partial charge is 0.407 e. The van der Waals surface area contributed by atoms with Gasteiger partial charge in [-0.2, -0.15) is 0 Å². The highest BCUT2D eigenvalue weighted by Gasteiger charge is 2.41. The number of hydrogen-bond donors (Lipinski definition) is 4. The van der Waals surface area contributed by atoms with Crippen LogP contribution in [0.3, 0.4) is 0 Å². The Morgan fingerprint density at radius 3 is 1.30 bits per heavy atom. The van der Waals surface area contributed by atoms with Crippen molar-refractivity contribution in [2.45, 2.75) is 247 Å². The third kappa shape index (κ3) is 37.0. The molecule has 0 radical (unpaired) electrons. The maximum atomic E-state index is 14.7. The minimum absolute atomic E-state index is 0.00335. The molecule has 6 rings (SSSR count).